The Morgan fingerprint density at radius 3 is 2.27 bits per heavy atom. The van der Waals surface area contributed by atoms with Gasteiger partial charge in [0.1, 0.15) is 11.4 Å². The van der Waals surface area contributed by atoms with E-state index in [4.69, 9.17) is 19.4 Å². The van der Waals surface area contributed by atoms with Crippen LogP contribution in [0.25, 0.3) is 0 Å². The lowest BCUT2D eigenvalue weighted by Crippen LogP contribution is -2.25. The predicted molar refractivity (Wildman–Crippen MR) is 85.7 cm³/mol. The molecule has 0 unspecified atom stereocenters. The number of carboxylic acids is 1. The summed E-state index contributed by atoms with van der Waals surface area (Å²) in [6.45, 7) is 5.57. The normalized spacial score (nSPS) is 14.5. The van der Waals surface area contributed by atoms with Gasteiger partial charge in [0, 0.05) is 12.3 Å². The Morgan fingerprint density at radius 2 is 1.85 bits per heavy atom. The zero-order chi connectivity index (χ0) is 20.0. The van der Waals surface area contributed by atoms with Crippen LogP contribution >= 0.6 is 0 Å². The Kier molecular flexibility index (Phi) is 7.41. The van der Waals surface area contributed by atoms with Gasteiger partial charge in [-0.1, -0.05) is 0 Å². The molecule has 6 nitrogen and oxygen atoms in total. The van der Waals surface area contributed by atoms with Crippen LogP contribution in [0.4, 0.5) is 13.2 Å². The van der Waals surface area contributed by atoms with Crippen LogP contribution in [0.5, 0.6) is 5.75 Å². The van der Waals surface area contributed by atoms with Crippen LogP contribution < -0.4 is 4.74 Å². The van der Waals surface area contributed by atoms with Gasteiger partial charge < -0.3 is 14.6 Å². The Labute approximate surface area is 149 Å². The molecule has 0 aliphatic heterocycles. The number of rotatable bonds is 4. The topological polar surface area (TPSA) is 85.7 Å². The van der Waals surface area contributed by atoms with E-state index in [-0.39, 0.29) is 12.4 Å². The highest BCUT2D eigenvalue weighted by Gasteiger charge is 2.38. The number of carbonyl (C=O) groups is 2. The zero-order valence-electron chi connectivity index (χ0n) is 14.8. The summed E-state index contributed by atoms with van der Waals surface area (Å²) >= 11 is 0. The summed E-state index contributed by atoms with van der Waals surface area (Å²) in [6.07, 6.45) is 0.567. The summed E-state index contributed by atoms with van der Waals surface area (Å²) < 4.78 is 42.8. The van der Waals surface area contributed by atoms with Crippen LogP contribution in [0.3, 0.4) is 0 Å². The number of pyridine rings is 1. The molecular weight excluding hydrogens is 355 g/mol. The minimum absolute atomic E-state index is 0.180. The van der Waals surface area contributed by atoms with Crippen molar-refractivity contribution in [3.63, 3.8) is 0 Å². The SMILES string of the molecule is CC(C)(C)OC(=O)Cc1cc(OC2CCC2)ccn1.O=C(O)C(F)(F)F. The van der Waals surface area contributed by atoms with Gasteiger partial charge in [-0.05, 0) is 46.1 Å². The van der Waals surface area contributed by atoms with E-state index in [1.54, 1.807) is 6.20 Å². The van der Waals surface area contributed by atoms with E-state index in [0.29, 0.717) is 11.8 Å². The fraction of sp³-hybridized carbons (Fsp3) is 0.588. The van der Waals surface area contributed by atoms with E-state index in [1.807, 2.05) is 32.9 Å². The molecule has 0 saturated heterocycles. The molecule has 9 heteroatoms. The quantitative estimate of drug-likeness (QED) is 0.808. The van der Waals surface area contributed by atoms with Gasteiger partial charge in [0.05, 0.1) is 18.2 Å². The highest BCUT2D eigenvalue weighted by atomic mass is 19.4. The zero-order valence-corrected chi connectivity index (χ0v) is 14.8. The average Bonchev–Trinajstić information content (AvgIpc) is 2.41. The molecule has 1 aliphatic rings. The summed E-state index contributed by atoms with van der Waals surface area (Å²) in [5.41, 5.74) is 0.225. The van der Waals surface area contributed by atoms with Gasteiger partial charge in [0.2, 0.25) is 0 Å². The molecule has 1 aromatic heterocycles. The van der Waals surface area contributed by atoms with Crippen molar-refractivity contribution in [2.24, 2.45) is 0 Å². The van der Waals surface area contributed by atoms with Crippen LogP contribution in [-0.2, 0) is 20.7 Å². The van der Waals surface area contributed by atoms with E-state index in [1.165, 1.54) is 6.42 Å². The van der Waals surface area contributed by atoms with Crippen LogP contribution in [0.15, 0.2) is 18.3 Å². The second-order valence-electron chi connectivity index (χ2n) is 6.72. The number of ether oxygens (including phenoxy) is 2. The number of esters is 1. The van der Waals surface area contributed by atoms with Crippen molar-refractivity contribution < 1.29 is 37.3 Å². The number of aromatic nitrogens is 1. The molecule has 0 bridgehead atoms. The first-order valence-electron chi connectivity index (χ1n) is 8.00. The summed E-state index contributed by atoms with van der Waals surface area (Å²) in [7, 11) is 0. The minimum atomic E-state index is -5.08. The Morgan fingerprint density at radius 1 is 1.27 bits per heavy atom. The molecule has 0 aromatic carbocycles. The summed E-state index contributed by atoms with van der Waals surface area (Å²) in [6, 6.07) is 3.65. The van der Waals surface area contributed by atoms with Crippen molar-refractivity contribution in [2.45, 2.75) is 64.3 Å². The number of nitrogens with zero attached hydrogens (tertiary/aromatic N) is 1. The van der Waals surface area contributed by atoms with Crippen molar-refractivity contribution in [3.05, 3.63) is 24.0 Å². The van der Waals surface area contributed by atoms with Gasteiger partial charge in [-0.15, -0.1) is 0 Å². The Hall–Kier alpha value is -2.32. The van der Waals surface area contributed by atoms with Crippen molar-refractivity contribution in [1.29, 1.82) is 0 Å². The molecule has 0 radical (unpaired) electrons. The number of hydrogen-bond donors (Lipinski definition) is 1. The standard InChI is InChI=1S/C15H21NO3.C2HF3O2/c1-15(2,3)19-14(17)10-11-9-13(7-8-16-11)18-12-5-4-6-12;3-2(4,5)1(6)7/h7-9,12H,4-6,10H2,1-3H3;(H,6,7). The molecule has 1 heterocycles. The van der Waals surface area contributed by atoms with Gasteiger partial charge in [-0.25, -0.2) is 4.79 Å². The molecule has 0 atom stereocenters. The Balaban J connectivity index is 0.000000412. The molecule has 26 heavy (non-hydrogen) atoms. The monoisotopic (exact) mass is 377 g/mol. The Bertz CT molecular complexity index is 622. The van der Waals surface area contributed by atoms with Gasteiger partial charge >= 0.3 is 18.1 Å². The molecule has 0 spiro atoms. The van der Waals surface area contributed by atoms with Gasteiger partial charge in [-0.3, -0.25) is 9.78 Å². The van der Waals surface area contributed by atoms with Crippen LogP contribution in [0, 0.1) is 0 Å². The van der Waals surface area contributed by atoms with Crippen molar-refractivity contribution in [2.75, 3.05) is 0 Å². The fourth-order valence-corrected chi connectivity index (χ4v) is 1.83. The maximum Gasteiger partial charge on any atom is 0.490 e. The lowest BCUT2D eigenvalue weighted by Gasteiger charge is -2.26. The third-order valence-corrected chi connectivity index (χ3v) is 3.13. The first-order chi connectivity index (χ1) is 11.9. The molecule has 0 amide bonds. The molecular formula is C17H22F3NO5. The number of alkyl halides is 3. The summed E-state index contributed by atoms with van der Waals surface area (Å²) in [5, 5.41) is 7.12. The van der Waals surface area contributed by atoms with E-state index in [9.17, 15) is 18.0 Å². The molecule has 1 aliphatic carbocycles. The van der Waals surface area contributed by atoms with E-state index < -0.39 is 17.7 Å². The number of halogens is 3. The highest BCUT2D eigenvalue weighted by Crippen LogP contribution is 2.25. The maximum absolute atomic E-state index is 11.7. The van der Waals surface area contributed by atoms with Crippen molar-refractivity contribution in [3.8, 4) is 5.75 Å². The van der Waals surface area contributed by atoms with E-state index in [2.05, 4.69) is 4.98 Å². The maximum atomic E-state index is 11.7. The number of hydrogen-bond acceptors (Lipinski definition) is 5. The third kappa shape index (κ3) is 8.68. The van der Waals surface area contributed by atoms with Gasteiger partial charge in [-0.2, -0.15) is 13.2 Å². The van der Waals surface area contributed by atoms with Crippen molar-refractivity contribution in [1.82, 2.24) is 4.98 Å². The third-order valence-electron chi connectivity index (χ3n) is 3.13. The lowest BCUT2D eigenvalue weighted by atomic mass is 9.96. The first-order valence-corrected chi connectivity index (χ1v) is 8.00. The smallest absolute Gasteiger partial charge is 0.490 e. The molecule has 2 rings (SSSR count). The van der Waals surface area contributed by atoms with Crippen molar-refractivity contribution >= 4 is 11.9 Å². The number of carboxylic acid groups (broad SMARTS) is 1. The van der Waals surface area contributed by atoms with E-state index >= 15 is 0 Å². The molecule has 1 fully saturated rings. The van der Waals surface area contributed by atoms with Crippen LogP contribution in [0.1, 0.15) is 45.7 Å². The summed E-state index contributed by atoms with van der Waals surface area (Å²) in [5.74, 6) is -2.23. The number of aliphatic carboxylic acids is 1. The average molecular weight is 377 g/mol. The second-order valence-corrected chi connectivity index (χ2v) is 6.72. The first kappa shape index (κ1) is 21.7. The van der Waals surface area contributed by atoms with E-state index in [0.717, 1.165) is 18.6 Å². The molecule has 1 saturated carbocycles. The minimum Gasteiger partial charge on any atom is -0.490 e. The highest BCUT2D eigenvalue weighted by molar-refractivity contribution is 5.73. The predicted octanol–water partition coefficient (Wildman–Crippen LogP) is 3.53. The summed E-state index contributed by atoms with van der Waals surface area (Å²) in [4.78, 5) is 24.8. The lowest BCUT2D eigenvalue weighted by molar-refractivity contribution is -0.192. The van der Waals surface area contributed by atoms with Gasteiger partial charge in [0.25, 0.3) is 0 Å². The molecule has 146 valence electrons. The molecule has 1 aromatic rings. The number of carbonyl (C=O) groups excluding carboxylic acids is 1. The van der Waals surface area contributed by atoms with Gasteiger partial charge in [0.15, 0.2) is 0 Å². The fourth-order valence-electron chi connectivity index (χ4n) is 1.83. The van der Waals surface area contributed by atoms with Crippen LogP contribution in [-0.4, -0.2) is 39.9 Å². The largest absolute Gasteiger partial charge is 0.490 e. The second kappa shape index (κ2) is 8.86. The van der Waals surface area contributed by atoms with Crippen LogP contribution in [0.2, 0.25) is 0 Å². The molecule has 1 N–H and O–H groups in total.